The Kier molecular flexibility index (Phi) is 6.36. The minimum Gasteiger partial charge on any atom is -0.267 e. The molecule has 182 valence electrons. The minimum absolute atomic E-state index is 0.0717. The van der Waals surface area contributed by atoms with Crippen LogP contribution in [0.25, 0.3) is 6.08 Å². The number of fused-ring (bicyclic) bond motifs is 1. The fraction of sp³-hybridized carbons (Fsp3) is 0.185. The van der Waals surface area contributed by atoms with E-state index in [0.717, 1.165) is 42.2 Å². The molecule has 1 aliphatic heterocycles. The lowest BCUT2D eigenvalue weighted by Gasteiger charge is -2.29. The molecule has 6 nitrogen and oxygen atoms in total. The van der Waals surface area contributed by atoms with E-state index in [2.05, 4.69) is 0 Å². The van der Waals surface area contributed by atoms with Gasteiger partial charge in [0.25, 0.3) is 11.6 Å². The van der Waals surface area contributed by atoms with Crippen LogP contribution >= 0.6 is 11.6 Å². The van der Waals surface area contributed by atoms with Crippen LogP contribution in [0.3, 0.4) is 0 Å². The van der Waals surface area contributed by atoms with Gasteiger partial charge in [0.15, 0.2) is 0 Å². The largest absolute Gasteiger partial charge is 0.288 e. The number of benzene rings is 3. The lowest BCUT2D eigenvalue weighted by Crippen LogP contribution is -2.32. The zero-order valence-corrected chi connectivity index (χ0v) is 19.7. The molecule has 5 rings (SSSR count). The van der Waals surface area contributed by atoms with E-state index in [-0.39, 0.29) is 28.0 Å². The topological polar surface area (TPSA) is 75.8 Å². The average Bonchev–Trinajstić information content (AvgIpc) is 3.26. The summed E-state index contributed by atoms with van der Waals surface area (Å²) in [5.41, 5.74) is 2.89. The molecule has 36 heavy (non-hydrogen) atoms. The SMILES string of the molecule is O=C(c1ccc(Cl)c([N+](=O)[O-])c1)N1N=C2/C(=C\c3ccc(F)cc3)CCC[C@H]2[C@@H]1c1ccc(F)cc1. The number of hydrogen-bond donors (Lipinski definition) is 0. The van der Waals surface area contributed by atoms with Crippen molar-refractivity contribution in [2.75, 3.05) is 0 Å². The summed E-state index contributed by atoms with van der Waals surface area (Å²) in [5.74, 6) is -1.40. The zero-order chi connectivity index (χ0) is 25.4. The van der Waals surface area contributed by atoms with Crippen molar-refractivity contribution in [2.24, 2.45) is 11.0 Å². The Labute approximate surface area is 210 Å². The second kappa shape index (κ2) is 9.62. The van der Waals surface area contributed by atoms with Crippen LogP contribution in [0.1, 0.15) is 46.8 Å². The Morgan fingerprint density at radius 1 is 1.06 bits per heavy atom. The van der Waals surface area contributed by atoms with Gasteiger partial charge in [-0.2, -0.15) is 5.10 Å². The normalized spacial score (nSPS) is 20.2. The van der Waals surface area contributed by atoms with Crippen LogP contribution in [0.2, 0.25) is 5.02 Å². The Balaban J connectivity index is 1.59. The van der Waals surface area contributed by atoms with Gasteiger partial charge >= 0.3 is 0 Å². The van der Waals surface area contributed by atoms with Gasteiger partial charge in [-0.05, 0) is 78.4 Å². The van der Waals surface area contributed by atoms with E-state index in [0.29, 0.717) is 5.56 Å². The van der Waals surface area contributed by atoms with Gasteiger partial charge in [0.1, 0.15) is 16.7 Å². The standard InChI is InChI=1S/C27H20ClF2N3O3/c28-23-13-8-19(15-24(23)33(35)36)27(34)32-26(17-6-11-21(30)12-7-17)22-3-1-2-18(25(22)31-32)14-16-4-9-20(29)10-5-16/h4-15,22,26H,1-3H2/b18-14-/t22-,26+/m1/s1. The third-order valence-corrected chi connectivity index (χ3v) is 6.84. The van der Waals surface area contributed by atoms with Crippen LogP contribution in [-0.4, -0.2) is 21.6 Å². The van der Waals surface area contributed by atoms with E-state index in [1.807, 2.05) is 6.08 Å². The molecule has 0 aromatic heterocycles. The first-order chi connectivity index (χ1) is 17.3. The smallest absolute Gasteiger partial charge is 0.267 e. The van der Waals surface area contributed by atoms with Crippen molar-refractivity contribution in [2.45, 2.75) is 25.3 Å². The predicted molar refractivity (Wildman–Crippen MR) is 133 cm³/mol. The molecule has 1 fully saturated rings. The molecule has 0 N–H and O–H groups in total. The van der Waals surface area contributed by atoms with E-state index in [1.165, 1.54) is 41.4 Å². The lowest BCUT2D eigenvalue weighted by atomic mass is 9.77. The molecule has 0 spiro atoms. The van der Waals surface area contributed by atoms with E-state index in [9.17, 15) is 23.7 Å². The number of hydrogen-bond acceptors (Lipinski definition) is 4. The van der Waals surface area contributed by atoms with Gasteiger partial charge in [0, 0.05) is 17.5 Å². The van der Waals surface area contributed by atoms with Crippen LogP contribution in [0.5, 0.6) is 0 Å². The van der Waals surface area contributed by atoms with E-state index in [4.69, 9.17) is 16.7 Å². The number of amides is 1. The molecular weight excluding hydrogens is 488 g/mol. The number of nitro benzene ring substituents is 1. The fourth-order valence-electron chi connectivity index (χ4n) is 4.84. The molecule has 0 bridgehead atoms. The second-order valence-electron chi connectivity index (χ2n) is 8.77. The molecule has 0 radical (unpaired) electrons. The van der Waals surface area contributed by atoms with Crippen molar-refractivity contribution in [3.63, 3.8) is 0 Å². The van der Waals surface area contributed by atoms with Crippen LogP contribution in [0.4, 0.5) is 14.5 Å². The number of carbonyl (C=O) groups excluding carboxylic acids is 1. The molecule has 0 unspecified atom stereocenters. The van der Waals surface area contributed by atoms with Gasteiger partial charge in [-0.25, -0.2) is 13.8 Å². The van der Waals surface area contributed by atoms with Gasteiger partial charge in [0.05, 0.1) is 16.7 Å². The Bertz CT molecular complexity index is 1400. The number of halogens is 3. The molecule has 0 saturated heterocycles. The first-order valence-corrected chi connectivity index (χ1v) is 11.8. The predicted octanol–water partition coefficient (Wildman–Crippen LogP) is 6.96. The fourth-order valence-corrected chi connectivity index (χ4v) is 5.03. The van der Waals surface area contributed by atoms with Gasteiger partial charge in [-0.3, -0.25) is 14.9 Å². The monoisotopic (exact) mass is 507 g/mol. The van der Waals surface area contributed by atoms with Crippen molar-refractivity contribution < 1.29 is 18.5 Å². The molecular formula is C27H20ClF2N3O3. The molecule has 2 aliphatic rings. The van der Waals surface area contributed by atoms with Crippen molar-refractivity contribution in [3.05, 3.63) is 116 Å². The maximum absolute atomic E-state index is 13.7. The van der Waals surface area contributed by atoms with E-state index < -0.39 is 22.7 Å². The van der Waals surface area contributed by atoms with E-state index in [1.54, 1.807) is 24.3 Å². The van der Waals surface area contributed by atoms with Gasteiger partial charge < -0.3 is 0 Å². The zero-order valence-electron chi connectivity index (χ0n) is 18.9. The molecule has 1 heterocycles. The van der Waals surface area contributed by atoms with Gasteiger partial charge in [0.2, 0.25) is 0 Å². The van der Waals surface area contributed by atoms with Crippen molar-refractivity contribution >= 4 is 35.0 Å². The summed E-state index contributed by atoms with van der Waals surface area (Å²) in [6.07, 6.45) is 4.28. The molecule has 3 aromatic carbocycles. The van der Waals surface area contributed by atoms with Crippen LogP contribution in [0, 0.1) is 27.7 Å². The quantitative estimate of drug-likeness (QED) is 0.283. The summed E-state index contributed by atoms with van der Waals surface area (Å²) >= 11 is 5.94. The summed E-state index contributed by atoms with van der Waals surface area (Å²) in [6.45, 7) is 0. The summed E-state index contributed by atoms with van der Waals surface area (Å²) in [7, 11) is 0. The Morgan fingerprint density at radius 2 is 1.72 bits per heavy atom. The first-order valence-electron chi connectivity index (χ1n) is 11.4. The average molecular weight is 508 g/mol. The van der Waals surface area contributed by atoms with Gasteiger partial charge in [-0.15, -0.1) is 0 Å². The Morgan fingerprint density at radius 3 is 2.39 bits per heavy atom. The number of allylic oxidation sites excluding steroid dienone is 1. The summed E-state index contributed by atoms with van der Waals surface area (Å²) in [5, 5.41) is 17.4. The summed E-state index contributed by atoms with van der Waals surface area (Å²) in [6, 6.07) is 15.4. The molecule has 3 aromatic rings. The molecule has 1 aliphatic carbocycles. The first kappa shape index (κ1) is 23.8. The number of rotatable bonds is 4. The number of nitro groups is 1. The molecule has 1 amide bonds. The lowest BCUT2D eigenvalue weighted by molar-refractivity contribution is -0.384. The number of hydrazone groups is 1. The van der Waals surface area contributed by atoms with Gasteiger partial charge in [-0.1, -0.05) is 35.9 Å². The van der Waals surface area contributed by atoms with Crippen LogP contribution in [0.15, 0.2) is 77.4 Å². The molecule has 9 heteroatoms. The van der Waals surface area contributed by atoms with Crippen molar-refractivity contribution in [1.82, 2.24) is 5.01 Å². The summed E-state index contributed by atoms with van der Waals surface area (Å²) < 4.78 is 27.1. The molecule has 1 saturated carbocycles. The van der Waals surface area contributed by atoms with E-state index >= 15 is 0 Å². The number of carbonyl (C=O) groups is 1. The highest BCUT2D eigenvalue weighted by Gasteiger charge is 2.44. The molecule has 2 atom stereocenters. The van der Waals surface area contributed by atoms with Crippen molar-refractivity contribution in [1.29, 1.82) is 0 Å². The Hall–Kier alpha value is -3.91. The summed E-state index contributed by atoms with van der Waals surface area (Å²) in [4.78, 5) is 24.4. The maximum Gasteiger partial charge on any atom is 0.288 e. The van der Waals surface area contributed by atoms with Crippen molar-refractivity contribution in [3.8, 4) is 0 Å². The highest BCUT2D eigenvalue weighted by atomic mass is 35.5. The highest BCUT2D eigenvalue weighted by Crippen LogP contribution is 2.45. The van der Waals surface area contributed by atoms with Crippen LogP contribution in [-0.2, 0) is 0 Å². The number of nitrogens with zero attached hydrogens (tertiary/aromatic N) is 3. The maximum atomic E-state index is 13.7. The van der Waals surface area contributed by atoms with Crippen LogP contribution < -0.4 is 0 Å². The highest BCUT2D eigenvalue weighted by molar-refractivity contribution is 6.32. The third kappa shape index (κ3) is 4.52. The third-order valence-electron chi connectivity index (χ3n) is 6.52. The minimum atomic E-state index is -0.643. The second-order valence-corrected chi connectivity index (χ2v) is 9.18.